The minimum absolute atomic E-state index is 0.0971. The highest BCUT2D eigenvalue weighted by atomic mass is 16.5. The van der Waals surface area contributed by atoms with E-state index in [9.17, 15) is 4.79 Å². The Balaban J connectivity index is 2.04. The molecule has 3 nitrogen and oxygen atoms in total. The third kappa shape index (κ3) is 1.09. The maximum atomic E-state index is 12.0. The van der Waals surface area contributed by atoms with Gasteiger partial charge < -0.3 is 10.1 Å². The molecule has 2 atom stereocenters. The van der Waals surface area contributed by atoms with Crippen molar-refractivity contribution in [2.24, 2.45) is 11.3 Å². The van der Waals surface area contributed by atoms with Crippen LogP contribution in [0.3, 0.4) is 0 Å². The van der Waals surface area contributed by atoms with Gasteiger partial charge in [0.25, 0.3) is 0 Å². The summed E-state index contributed by atoms with van der Waals surface area (Å²) in [6.07, 6.45) is 13.3. The van der Waals surface area contributed by atoms with Crippen LogP contribution in [-0.2, 0) is 9.53 Å². The number of fused-ring (bicyclic) bond motifs is 2. The summed E-state index contributed by atoms with van der Waals surface area (Å²) < 4.78 is 5.03. The average Bonchev–Trinajstić information content (AvgIpc) is 2.55. The van der Waals surface area contributed by atoms with Crippen LogP contribution < -0.4 is 5.32 Å². The molecule has 3 rings (SSSR count). The normalized spacial score (nSPS) is 35.1. The van der Waals surface area contributed by atoms with Crippen molar-refractivity contribution in [2.75, 3.05) is 0 Å². The van der Waals surface area contributed by atoms with E-state index in [-0.39, 0.29) is 11.9 Å². The first-order valence-corrected chi connectivity index (χ1v) is 5.31. The summed E-state index contributed by atoms with van der Waals surface area (Å²) in [4.78, 5) is 12.0. The first-order chi connectivity index (χ1) is 7.33. The van der Waals surface area contributed by atoms with Gasteiger partial charge in [-0.25, -0.2) is 0 Å². The first-order valence-electron chi connectivity index (χ1n) is 5.31. The van der Waals surface area contributed by atoms with Crippen molar-refractivity contribution in [2.45, 2.75) is 18.9 Å². The molecule has 0 saturated carbocycles. The SMILES string of the molecule is O=C1NC2C=CCCC2C12C=COC=C2. The molecule has 1 aliphatic carbocycles. The van der Waals surface area contributed by atoms with Gasteiger partial charge in [-0.15, -0.1) is 0 Å². The predicted octanol–water partition coefficient (Wildman–Crippen LogP) is 1.49. The highest BCUT2D eigenvalue weighted by Crippen LogP contribution is 2.45. The standard InChI is InChI=1S/C12H13NO2/c14-11-12(5-7-15-8-6-12)9-3-1-2-4-10(9)13-11/h2,4-10H,1,3H2,(H,13,14). The van der Waals surface area contributed by atoms with E-state index in [4.69, 9.17) is 4.74 Å². The number of carbonyl (C=O) groups is 1. The Morgan fingerprint density at radius 2 is 2.20 bits per heavy atom. The van der Waals surface area contributed by atoms with Crippen LogP contribution in [0.15, 0.2) is 36.8 Å². The fourth-order valence-corrected chi connectivity index (χ4v) is 2.76. The zero-order chi connectivity index (χ0) is 10.3. The molecule has 0 bridgehead atoms. The molecule has 1 amide bonds. The topological polar surface area (TPSA) is 38.3 Å². The van der Waals surface area contributed by atoms with Crippen molar-refractivity contribution >= 4 is 5.91 Å². The smallest absolute Gasteiger partial charge is 0.235 e. The number of ether oxygens (including phenoxy) is 1. The fraction of sp³-hybridized carbons (Fsp3) is 0.417. The van der Waals surface area contributed by atoms with Gasteiger partial charge in [0.15, 0.2) is 0 Å². The molecule has 1 saturated heterocycles. The molecular formula is C12H13NO2. The van der Waals surface area contributed by atoms with E-state index in [1.165, 1.54) is 0 Å². The summed E-state index contributed by atoms with van der Waals surface area (Å²) in [6, 6.07) is 0.193. The number of hydrogen-bond donors (Lipinski definition) is 1. The minimum atomic E-state index is -0.465. The van der Waals surface area contributed by atoms with Crippen LogP contribution in [0, 0.1) is 11.3 Å². The quantitative estimate of drug-likeness (QED) is 0.606. The Morgan fingerprint density at radius 1 is 1.40 bits per heavy atom. The van der Waals surface area contributed by atoms with Gasteiger partial charge >= 0.3 is 0 Å². The molecule has 0 radical (unpaired) electrons. The molecule has 1 N–H and O–H groups in total. The van der Waals surface area contributed by atoms with Crippen LogP contribution in [0.5, 0.6) is 0 Å². The lowest BCUT2D eigenvalue weighted by atomic mass is 9.71. The summed E-state index contributed by atoms with van der Waals surface area (Å²) in [7, 11) is 0. The van der Waals surface area contributed by atoms with Crippen LogP contribution >= 0.6 is 0 Å². The van der Waals surface area contributed by atoms with Crippen molar-refractivity contribution in [3.05, 3.63) is 36.8 Å². The zero-order valence-corrected chi connectivity index (χ0v) is 8.35. The summed E-state index contributed by atoms with van der Waals surface area (Å²) in [5, 5.41) is 3.03. The third-order valence-electron chi connectivity index (χ3n) is 3.57. The second-order valence-corrected chi connectivity index (χ2v) is 4.29. The highest BCUT2D eigenvalue weighted by molar-refractivity contribution is 5.90. The molecule has 2 unspecified atom stereocenters. The molecule has 2 aliphatic heterocycles. The number of hydrogen-bond acceptors (Lipinski definition) is 2. The maximum Gasteiger partial charge on any atom is 0.235 e. The molecule has 0 aromatic heterocycles. The molecule has 3 aliphatic rings. The average molecular weight is 203 g/mol. The van der Waals surface area contributed by atoms with Crippen LogP contribution in [0.1, 0.15) is 12.8 Å². The predicted molar refractivity (Wildman–Crippen MR) is 55.6 cm³/mol. The van der Waals surface area contributed by atoms with Crippen molar-refractivity contribution in [3.8, 4) is 0 Å². The van der Waals surface area contributed by atoms with Crippen molar-refractivity contribution < 1.29 is 9.53 Å². The number of carbonyl (C=O) groups excluding carboxylic acids is 1. The highest BCUT2D eigenvalue weighted by Gasteiger charge is 2.52. The molecule has 1 spiro atoms. The monoisotopic (exact) mass is 203 g/mol. The van der Waals surface area contributed by atoms with Crippen molar-refractivity contribution in [1.29, 1.82) is 0 Å². The lowest BCUT2D eigenvalue weighted by Crippen LogP contribution is -2.32. The molecule has 1 fully saturated rings. The third-order valence-corrected chi connectivity index (χ3v) is 3.57. The molecule has 2 heterocycles. The largest absolute Gasteiger partial charge is 0.473 e. The van der Waals surface area contributed by atoms with Gasteiger partial charge in [-0.1, -0.05) is 12.2 Å². The van der Waals surface area contributed by atoms with Gasteiger partial charge in [-0.2, -0.15) is 0 Å². The number of allylic oxidation sites excluding steroid dienone is 1. The number of amides is 1. The molecule has 15 heavy (non-hydrogen) atoms. The van der Waals surface area contributed by atoms with E-state index in [2.05, 4.69) is 17.5 Å². The first kappa shape index (κ1) is 8.77. The minimum Gasteiger partial charge on any atom is -0.473 e. The second-order valence-electron chi connectivity index (χ2n) is 4.29. The Kier molecular flexibility index (Phi) is 1.75. The van der Waals surface area contributed by atoms with E-state index >= 15 is 0 Å². The summed E-state index contributed by atoms with van der Waals surface area (Å²) in [6.45, 7) is 0. The fourth-order valence-electron chi connectivity index (χ4n) is 2.76. The maximum absolute atomic E-state index is 12.0. The lowest BCUT2D eigenvalue weighted by Gasteiger charge is -2.30. The van der Waals surface area contributed by atoms with Gasteiger partial charge in [0.05, 0.1) is 24.0 Å². The molecule has 0 aromatic carbocycles. The molecule has 78 valence electrons. The van der Waals surface area contributed by atoms with Crippen LogP contribution in [0.4, 0.5) is 0 Å². The Morgan fingerprint density at radius 3 is 3.00 bits per heavy atom. The van der Waals surface area contributed by atoms with Crippen molar-refractivity contribution in [1.82, 2.24) is 5.32 Å². The Hall–Kier alpha value is -1.51. The Bertz CT molecular complexity index is 369. The Labute approximate surface area is 88.5 Å². The van der Waals surface area contributed by atoms with E-state index in [0.29, 0.717) is 5.92 Å². The number of nitrogens with one attached hydrogen (secondary N) is 1. The van der Waals surface area contributed by atoms with Gasteiger partial charge in [0.1, 0.15) is 0 Å². The summed E-state index contributed by atoms with van der Waals surface area (Å²) in [5.41, 5.74) is -0.465. The van der Waals surface area contributed by atoms with Gasteiger partial charge in [0.2, 0.25) is 5.91 Å². The molecule has 0 aromatic rings. The van der Waals surface area contributed by atoms with E-state index in [0.717, 1.165) is 12.8 Å². The van der Waals surface area contributed by atoms with E-state index in [1.54, 1.807) is 12.5 Å². The molecule has 3 heteroatoms. The van der Waals surface area contributed by atoms with Crippen LogP contribution in [0.25, 0.3) is 0 Å². The second kappa shape index (κ2) is 2.99. The number of rotatable bonds is 0. The summed E-state index contributed by atoms with van der Waals surface area (Å²) >= 11 is 0. The van der Waals surface area contributed by atoms with Crippen LogP contribution in [-0.4, -0.2) is 11.9 Å². The van der Waals surface area contributed by atoms with Crippen LogP contribution in [0.2, 0.25) is 0 Å². The van der Waals surface area contributed by atoms with Gasteiger partial charge in [0, 0.05) is 5.92 Å². The van der Waals surface area contributed by atoms with E-state index in [1.807, 2.05) is 12.2 Å². The zero-order valence-electron chi connectivity index (χ0n) is 8.35. The van der Waals surface area contributed by atoms with Gasteiger partial charge in [-0.05, 0) is 25.0 Å². The van der Waals surface area contributed by atoms with E-state index < -0.39 is 5.41 Å². The van der Waals surface area contributed by atoms with Gasteiger partial charge in [-0.3, -0.25) is 4.79 Å². The van der Waals surface area contributed by atoms with Crippen molar-refractivity contribution in [3.63, 3.8) is 0 Å². The molecular weight excluding hydrogens is 190 g/mol. The lowest BCUT2D eigenvalue weighted by molar-refractivity contribution is -0.124. The summed E-state index contributed by atoms with van der Waals surface area (Å²) in [5.74, 6) is 0.436.